The molecule has 1 heterocycles. The molecule has 0 aliphatic carbocycles. The van der Waals surface area contributed by atoms with Gasteiger partial charge in [-0.25, -0.2) is 0 Å². The zero-order valence-corrected chi connectivity index (χ0v) is 10.0. The molecule has 1 amide bonds. The van der Waals surface area contributed by atoms with Crippen LogP contribution in [0.25, 0.3) is 0 Å². The third-order valence-electron chi connectivity index (χ3n) is 2.24. The Morgan fingerprint density at radius 1 is 1.69 bits per heavy atom. The summed E-state index contributed by atoms with van der Waals surface area (Å²) in [6, 6.07) is 3.56. The molecular formula is C10H15N3O2S. The highest BCUT2D eigenvalue weighted by Crippen LogP contribution is 2.14. The number of carbonyl (C=O) groups excluding carboxylic acids is 1. The lowest BCUT2D eigenvalue weighted by Gasteiger charge is -2.22. The number of nitrogens with one attached hydrogen (secondary N) is 1. The number of amides is 1. The maximum atomic E-state index is 11.6. The molecule has 0 aliphatic heterocycles. The number of thiophene rings is 1. The molecule has 0 bridgehead atoms. The van der Waals surface area contributed by atoms with Crippen LogP contribution in [0.15, 0.2) is 22.7 Å². The van der Waals surface area contributed by atoms with Gasteiger partial charge in [0.2, 0.25) is 0 Å². The van der Waals surface area contributed by atoms with Crippen LogP contribution in [0, 0.1) is 5.41 Å². The molecule has 0 aromatic carbocycles. The molecule has 0 radical (unpaired) electrons. The molecule has 88 valence electrons. The van der Waals surface area contributed by atoms with Crippen LogP contribution in [0.1, 0.15) is 23.5 Å². The van der Waals surface area contributed by atoms with E-state index in [1.165, 1.54) is 11.3 Å². The minimum atomic E-state index is -0.568. The number of nitrogens with zero attached hydrogens (tertiary/aromatic N) is 1. The smallest absolute Gasteiger partial charge is 0.261 e. The SMILES string of the molecule is CC(C)(CNC(=O)c1cccs1)/C(N)=N/O. The molecule has 6 heteroatoms. The summed E-state index contributed by atoms with van der Waals surface area (Å²) in [5.74, 6) is -0.0483. The number of hydrogen-bond donors (Lipinski definition) is 3. The van der Waals surface area contributed by atoms with E-state index in [0.29, 0.717) is 11.4 Å². The topological polar surface area (TPSA) is 87.7 Å². The first-order valence-electron chi connectivity index (χ1n) is 4.77. The van der Waals surface area contributed by atoms with Gasteiger partial charge in [-0.05, 0) is 11.4 Å². The first-order valence-corrected chi connectivity index (χ1v) is 5.65. The van der Waals surface area contributed by atoms with Gasteiger partial charge < -0.3 is 16.3 Å². The monoisotopic (exact) mass is 241 g/mol. The number of oxime groups is 1. The van der Waals surface area contributed by atoms with E-state index in [-0.39, 0.29) is 11.7 Å². The second-order valence-corrected chi connectivity index (χ2v) is 4.98. The standard InChI is InChI=1S/C10H15N3O2S/c1-10(2,9(11)13-15)6-12-8(14)7-4-3-5-16-7/h3-5,15H,6H2,1-2H3,(H2,11,13)(H,12,14). The van der Waals surface area contributed by atoms with Crippen molar-refractivity contribution in [2.45, 2.75) is 13.8 Å². The lowest BCUT2D eigenvalue weighted by molar-refractivity contribution is 0.0948. The molecule has 1 rings (SSSR count). The van der Waals surface area contributed by atoms with E-state index in [9.17, 15) is 4.79 Å². The second kappa shape index (κ2) is 4.98. The van der Waals surface area contributed by atoms with Crippen molar-refractivity contribution in [1.82, 2.24) is 5.32 Å². The highest BCUT2D eigenvalue weighted by atomic mass is 32.1. The van der Waals surface area contributed by atoms with Gasteiger partial charge in [-0.15, -0.1) is 11.3 Å². The molecule has 1 aromatic rings. The summed E-state index contributed by atoms with van der Waals surface area (Å²) in [6.45, 7) is 3.90. The minimum absolute atomic E-state index is 0.0963. The second-order valence-electron chi connectivity index (χ2n) is 4.03. The van der Waals surface area contributed by atoms with Crippen LogP contribution in [-0.2, 0) is 0 Å². The zero-order chi connectivity index (χ0) is 12.2. The van der Waals surface area contributed by atoms with Crippen molar-refractivity contribution < 1.29 is 10.0 Å². The van der Waals surface area contributed by atoms with E-state index in [0.717, 1.165) is 0 Å². The largest absolute Gasteiger partial charge is 0.409 e. The number of amidine groups is 1. The van der Waals surface area contributed by atoms with Crippen molar-refractivity contribution in [1.29, 1.82) is 0 Å². The van der Waals surface area contributed by atoms with E-state index in [1.807, 2.05) is 11.4 Å². The highest BCUT2D eigenvalue weighted by molar-refractivity contribution is 7.12. The predicted molar refractivity (Wildman–Crippen MR) is 63.8 cm³/mol. The van der Waals surface area contributed by atoms with Crippen LogP contribution < -0.4 is 11.1 Å². The lowest BCUT2D eigenvalue weighted by atomic mass is 9.92. The van der Waals surface area contributed by atoms with Crippen LogP contribution in [-0.4, -0.2) is 23.5 Å². The van der Waals surface area contributed by atoms with Gasteiger partial charge in [-0.1, -0.05) is 25.1 Å². The Bertz CT molecular complexity index is 385. The molecular weight excluding hydrogens is 226 g/mol. The van der Waals surface area contributed by atoms with Gasteiger partial charge in [0.05, 0.1) is 4.88 Å². The maximum Gasteiger partial charge on any atom is 0.261 e. The summed E-state index contributed by atoms with van der Waals surface area (Å²) in [7, 11) is 0. The average molecular weight is 241 g/mol. The van der Waals surface area contributed by atoms with Gasteiger partial charge in [-0.3, -0.25) is 4.79 Å². The van der Waals surface area contributed by atoms with E-state index in [4.69, 9.17) is 10.9 Å². The Morgan fingerprint density at radius 3 is 2.88 bits per heavy atom. The number of carbonyl (C=O) groups is 1. The normalized spacial score (nSPS) is 12.5. The van der Waals surface area contributed by atoms with Gasteiger partial charge in [0.15, 0.2) is 0 Å². The quantitative estimate of drug-likeness (QED) is 0.321. The van der Waals surface area contributed by atoms with Gasteiger partial charge in [0.1, 0.15) is 5.84 Å². The molecule has 0 saturated carbocycles. The number of hydrogen-bond acceptors (Lipinski definition) is 4. The minimum Gasteiger partial charge on any atom is -0.409 e. The Hall–Kier alpha value is -1.56. The molecule has 0 aliphatic rings. The first kappa shape index (κ1) is 12.5. The molecule has 0 spiro atoms. The van der Waals surface area contributed by atoms with E-state index < -0.39 is 5.41 Å². The Morgan fingerprint density at radius 2 is 2.38 bits per heavy atom. The summed E-state index contributed by atoms with van der Waals surface area (Å²) >= 11 is 1.37. The fourth-order valence-corrected chi connectivity index (χ4v) is 1.66. The number of nitrogens with two attached hydrogens (primary N) is 1. The van der Waals surface area contributed by atoms with Crippen LogP contribution in [0.5, 0.6) is 0 Å². The molecule has 5 nitrogen and oxygen atoms in total. The van der Waals surface area contributed by atoms with Crippen LogP contribution >= 0.6 is 11.3 Å². The van der Waals surface area contributed by atoms with Gasteiger partial charge in [0, 0.05) is 12.0 Å². The van der Waals surface area contributed by atoms with Gasteiger partial charge in [-0.2, -0.15) is 0 Å². The van der Waals surface area contributed by atoms with Crippen molar-refractivity contribution in [3.63, 3.8) is 0 Å². The summed E-state index contributed by atoms with van der Waals surface area (Å²) in [5, 5.41) is 16.1. The average Bonchev–Trinajstić information content (AvgIpc) is 2.78. The lowest BCUT2D eigenvalue weighted by Crippen LogP contribution is -2.42. The summed E-state index contributed by atoms with van der Waals surface area (Å²) in [5.41, 5.74) is 4.94. The molecule has 0 fully saturated rings. The molecule has 16 heavy (non-hydrogen) atoms. The first-order chi connectivity index (χ1) is 7.47. The molecule has 1 aromatic heterocycles. The molecule has 0 atom stereocenters. The number of rotatable bonds is 4. The van der Waals surface area contributed by atoms with Crippen LogP contribution in [0.3, 0.4) is 0 Å². The zero-order valence-electron chi connectivity index (χ0n) is 9.23. The molecule has 4 N–H and O–H groups in total. The highest BCUT2D eigenvalue weighted by Gasteiger charge is 2.24. The third-order valence-corrected chi connectivity index (χ3v) is 3.11. The summed E-state index contributed by atoms with van der Waals surface area (Å²) in [4.78, 5) is 12.3. The fraction of sp³-hybridized carbons (Fsp3) is 0.400. The van der Waals surface area contributed by atoms with Crippen molar-refractivity contribution >= 4 is 23.1 Å². The van der Waals surface area contributed by atoms with Gasteiger partial charge in [0.25, 0.3) is 5.91 Å². The Kier molecular flexibility index (Phi) is 3.89. The summed E-state index contributed by atoms with van der Waals surface area (Å²) < 4.78 is 0. The molecule has 0 saturated heterocycles. The Balaban J connectivity index is 2.55. The Labute approximate surface area is 98.0 Å². The van der Waals surface area contributed by atoms with Crippen molar-refractivity contribution in [2.24, 2.45) is 16.3 Å². The van der Waals surface area contributed by atoms with Crippen molar-refractivity contribution in [3.8, 4) is 0 Å². The third kappa shape index (κ3) is 2.96. The van der Waals surface area contributed by atoms with Crippen molar-refractivity contribution in [2.75, 3.05) is 6.54 Å². The van der Waals surface area contributed by atoms with E-state index in [1.54, 1.807) is 19.9 Å². The molecule has 0 unspecified atom stereocenters. The van der Waals surface area contributed by atoms with E-state index in [2.05, 4.69) is 10.5 Å². The fourth-order valence-electron chi connectivity index (χ4n) is 1.02. The maximum absolute atomic E-state index is 11.6. The van der Waals surface area contributed by atoms with Crippen LogP contribution in [0.2, 0.25) is 0 Å². The summed E-state index contributed by atoms with van der Waals surface area (Å²) in [6.07, 6.45) is 0. The van der Waals surface area contributed by atoms with E-state index >= 15 is 0 Å². The van der Waals surface area contributed by atoms with Crippen LogP contribution in [0.4, 0.5) is 0 Å². The predicted octanol–water partition coefficient (Wildman–Crippen LogP) is 1.25. The van der Waals surface area contributed by atoms with Gasteiger partial charge >= 0.3 is 0 Å². The van der Waals surface area contributed by atoms with Crippen molar-refractivity contribution in [3.05, 3.63) is 22.4 Å².